The van der Waals surface area contributed by atoms with Crippen LogP contribution < -0.4 is 14.8 Å². The number of hydrogen-bond donors (Lipinski definition) is 2. The van der Waals surface area contributed by atoms with E-state index in [4.69, 9.17) is 9.47 Å². The lowest BCUT2D eigenvalue weighted by atomic mass is 9.85. The van der Waals surface area contributed by atoms with Gasteiger partial charge in [0.1, 0.15) is 18.1 Å². The number of nitrogens with zero attached hydrogens (tertiary/aromatic N) is 1. The van der Waals surface area contributed by atoms with E-state index in [1.54, 1.807) is 4.90 Å². The predicted molar refractivity (Wildman–Crippen MR) is 138 cm³/mol. The maximum absolute atomic E-state index is 13.4. The maximum Gasteiger partial charge on any atom is 0.573 e. The Morgan fingerprint density at radius 1 is 1.05 bits per heavy atom. The fourth-order valence-electron chi connectivity index (χ4n) is 4.88. The molecule has 2 N–H and O–H groups in total. The molecule has 3 atom stereocenters. The lowest BCUT2D eigenvalue weighted by Crippen LogP contribution is -2.54. The quantitative estimate of drug-likeness (QED) is 0.373. The molecule has 3 aromatic rings. The third-order valence-electron chi connectivity index (χ3n) is 6.64. The normalized spacial score (nSPS) is 19.4. The van der Waals surface area contributed by atoms with E-state index >= 15 is 0 Å². The van der Waals surface area contributed by atoms with E-state index in [-0.39, 0.29) is 37.5 Å². The molecule has 0 aliphatic carbocycles. The zero-order chi connectivity index (χ0) is 27.8. The SMILES string of the molecule is COc1ccc(OC(F)(F)F)cc1CN[C@H]1C[C@@H](CO)CN(C(=O)OCc2ccccc2)[C@H]1c1ccccc1. The van der Waals surface area contributed by atoms with Crippen LogP contribution in [0.3, 0.4) is 0 Å². The van der Waals surface area contributed by atoms with Gasteiger partial charge >= 0.3 is 12.5 Å². The van der Waals surface area contributed by atoms with E-state index < -0.39 is 18.5 Å². The van der Waals surface area contributed by atoms with Crippen molar-refractivity contribution in [2.75, 3.05) is 20.3 Å². The molecule has 7 nitrogen and oxygen atoms in total. The van der Waals surface area contributed by atoms with Gasteiger partial charge in [0.2, 0.25) is 0 Å². The summed E-state index contributed by atoms with van der Waals surface area (Å²) in [5.41, 5.74) is 2.17. The summed E-state index contributed by atoms with van der Waals surface area (Å²) in [4.78, 5) is 15.0. The van der Waals surface area contributed by atoms with Crippen LogP contribution in [0.2, 0.25) is 0 Å². The third-order valence-corrected chi connectivity index (χ3v) is 6.64. The van der Waals surface area contributed by atoms with Gasteiger partial charge in [-0.1, -0.05) is 60.7 Å². The van der Waals surface area contributed by atoms with Crippen molar-refractivity contribution in [2.24, 2.45) is 5.92 Å². The smallest absolute Gasteiger partial charge is 0.496 e. The minimum atomic E-state index is -4.82. The highest BCUT2D eigenvalue weighted by Crippen LogP contribution is 2.35. The largest absolute Gasteiger partial charge is 0.573 e. The zero-order valence-corrected chi connectivity index (χ0v) is 21.4. The second-order valence-electron chi connectivity index (χ2n) is 9.34. The molecule has 1 aliphatic rings. The van der Waals surface area contributed by atoms with Gasteiger partial charge in [0.15, 0.2) is 0 Å². The Hall–Kier alpha value is -3.76. The fraction of sp³-hybridized carbons (Fsp3) is 0.345. The van der Waals surface area contributed by atoms with Gasteiger partial charge < -0.3 is 24.6 Å². The summed E-state index contributed by atoms with van der Waals surface area (Å²) < 4.78 is 53.5. The molecule has 10 heteroatoms. The number of piperidine rings is 1. The summed E-state index contributed by atoms with van der Waals surface area (Å²) in [6.45, 7) is 0.389. The second kappa shape index (κ2) is 12.9. The minimum Gasteiger partial charge on any atom is -0.496 e. The van der Waals surface area contributed by atoms with Crippen LogP contribution in [-0.2, 0) is 17.9 Å². The van der Waals surface area contributed by atoms with Gasteiger partial charge in [-0.3, -0.25) is 4.90 Å². The van der Waals surface area contributed by atoms with Crippen molar-refractivity contribution in [3.8, 4) is 11.5 Å². The number of likely N-dealkylation sites (tertiary alicyclic amines) is 1. The van der Waals surface area contributed by atoms with Crippen molar-refractivity contribution >= 4 is 6.09 Å². The number of ether oxygens (including phenoxy) is 3. The molecule has 0 aromatic heterocycles. The molecular weight excluding hydrogens is 513 g/mol. The van der Waals surface area contributed by atoms with Gasteiger partial charge in [-0.25, -0.2) is 4.79 Å². The van der Waals surface area contributed by atoms with Crippen LogP contribution in [0.15, 0.2) is 78.9 Å². The number of halogens is 3. The van der Waals surface area contributed by atoms with Gasteiger partial charge in [-0.05, 0) is 35.7 Å². The molecule has 39 heavy (non-hydrogen) atoms. The van der Waals surface area contributed by atoms with Crippen LogP contribution in [0.25, 0.3) is 0 Å². The van der Waals surface area contributed by atoms with Crippen LogP contribution in [-0.4, -0.2) is 48.8 Å². The van der Waals surface area contributed by atoms with Gasteiger partial charge in [0.05, 0.1) is 13.2 Å². The number of carbonyl (C=O) groups excluding carboxylic acids is 1. The van der Waals surface area contributed by atoms with E-state index in [1.165, 1.54) is 25.3 Å². The van der Waals surface area contributed by atoms with Crippen molar-refractivity contribution in [3.05, 3.63) is 95.6 Å². The number of nitrogens with one attached hydrogen (secondary N) is 1. The number of rotatable bonds is 9. The average molecular weight is 545 g/mol. The Balaban J connectivity index is 1.58. The Labute approximate surface area is 225 Å². The van der Waals surface area contributed by atoms with E-state index in [0.717, 1.165) is 11.1 Å². The molecule has 1 amide bonds. The third kappa shape index (κ3) is 7.64. The molecule has 3 aromatic carbocycles. The van der Waals surface area contributed by atoms with Gasteiger partial charge in [-0.15, -0.1) is 13.2 Å². The van der Waals surface area contributed by atoms with Crippen molar-refractivity contribution in [1.29, 1.82) is 0 Å². The van der Waals surface area contributed by atoms with Gasteiger partial charge in [-0.2, -0.15) is 0 Å². The van der Waals surface area contributed by atoms with Crippen LogP contribution in [0.4, 0.5) is 18.0 Å². The van der Waals surface area contributed by atoms with Gasteiger partial charge in [0, 0.05) is 37.2 Å². The van der Waals surface area contributed by atoms with Crippen LogP contribution >= 0.6 is 0 Å². The van der Waals surface area contributed by atoms with Crippen LogP contribution in [0.5, 0.6) is 11.5 Å². The fourth-order valence-corrected chi connectivity index (χ4v) is 4.88. The monoisotopic (exact) mass is 544 g/mol. The highest BCUT2D eigenvalue weighted by molar-refractivity contribution is 5.69. The van der Waals surface area contributed by atoms with Crippen molar-refractivity contribution in [3.63, 3.8) is 0 Å². The Kier molecular flexibility index (Phi) is 9.32. The molecule has 0 radical (unpaired) electrons. The molecule has 1 heterocycles. The molecule has 4 rings (SSSR count). The number of hydrogen-bond acceptors (Lipinski definition) is 6. The van der Waals surface area contributed by atoms with Crippen molar-refractivity contribution < 1.29 is 37.3 Å². The first-order valence-electron chi connectivity index (χ1n) is 12.6. The maximum atomic E-state index is 13.4. The number of alkyl halides is 3. The van der Waals surface area contributed by atoms with E-state index in [0.29, 0.717) is 24.3 Å². The standard InChI is InChI=1S/C29H31F3N2O5/c1-37-26-13-12-24(39-29(30,31)32)15-23(26)16-33-25-14-21(18-35)17-34(27(25)22-10-6-3-7-11-22)28(36)38-19-20-8-4-2-5-9-20/h2-13,15,21,25,27,33,35H,14,16-19H2,1H3/t21-,25+,27+/m1/s1. The van der Waals surface area contributed by atoms with Crippen LogP contribution in [0, 0.1) is 5.92 Å². The average Bonchev–Trinajstić information content (AvgIpc) is 2.94. The first-order chi connectivity index (χ1) is 18.8. The number of amides is 1. The summed E-state index contributed by atoms with van der Waals surface area (Å²) in [7, 11) is 1.43. The van der Waals surface area contributed by atoms with E-state index in [2.05, 4.69) is 10.1 Å². The number of aliphatic hydroxyl groups is 1. The Bertz CT molecular complexity index is 1210. The molecule has 0 saturated carbocycles. The van der Waals surface area contributed by atoms with Crippen LogP contribution in [0.1, 0.15) is 29.2 Å². The molecule has 1 fully saturated rings. The summed E-state index contributed by atoms with van der Waals surface area (Å²) in [6, 6.07) is 21.9. The second-order valence-corrected chi connectivity index (χ2v) is 9.34. The number of carbonyl (C=O) groups is 1. The number of methoxy groups -OCH3 is 1. The summed E-state index contributed by atoms with van der Waals surface area (Å²) in [5, 5.41) is 13.4. The predicted octanol–water partition coefficient (Wildman–Crippen LogP) is 5.44. The Morgan fingerprint density at radius 3 is 2.38 bits per heavy atom. The minimum absolute atomic E-state index is 0.1000. The molecule has 208 valence electrons. The molecule has 0 unspecified atom stereocenters. The van der Waals surface area contributed by atoms with E-state index in [9.17, 15) is 23.1 Å². The first kappa shape index (κ1) is 28.3. The zero-order valence-electron chi connectivity index (χ0n) is 21.4. The Morgan fingerprint density at radius 2 is 1.74 bits per heavy atom. The summed E-state index contributed by atoms with van der Waals surface area (Å²) in [5.74, 6) is -0.196. The summed E-state index contributed by atoms with van der Waals surface area (Å²) >= 11 is 0. The first-order valence-corrected chi connectivity index (χ1v) is 12.6. The number of aliphatic hydroxyl groups excluding tert-OH is 1. The lowest BCUT2D eigenvalue weighted by molar-refractivity contribution is -0.274. The van der Waals surface area contributed by atoms with Crippen molar-refractivity contribution in [1.82, 2.24) is 10.2 Å². The van der Waals surface area contributed by atoms with Crippen molar-refractivity contribution in [2.45, 2.75) is 38.0 Å². The molecule has 0 spiro atoms. The lowest BCUT2D eigenvalue weighted by Gasteiger charge is -2.44. The molecular formula is C29H31F3N2O5. The molecule has 1 aliphatic heterocycles. The number of benzene rings is 3. The molecule has 1 saturated heterocycles. The highest BCUT2D eigenvalue weighted by atomic mass is 19.4. The topological polar surface area (TPSA) is 80.3 Å². The molecule has 0 bridgehead atoms. The summed E-state index contributed by atoms with van der Waals surface area (Å²) in [6.07, 6.45) is -4.81. The van der Waals surface area contributed by atoms with Gasteiger partial charge in [0.25, 0.3) is 0 Å². The highest BCUT2D eigenvalue weighted by Gasteiger charge is 2.40. The van der Waals surface area contributed by atoms with E-state index in [1.807, 2.05) is 60.7 Å².